The quantitative estimate of drug-likeness (QED) is 0.563. The topological polar surface area (TPSA) is 57.9 Å². The molecular formula is C20H18F2O5. The lowest BCUT2D eigenvalue weighted by Gasteiger charge is -2.11. The van der Waals surface area contributed by atoms with Crippen LogP contribution in [0.4, 0.5) is 8.78 Å². The smallest absolute Gasteiger partial charge is 0.387 e. The highest BCUT2D eigenvalue weighted by Gasteiger charge is 2.14. The van der Waals surface area contributed by atoms with Crippen LogP contribution in [-0.2, 0) is 22.6 Å². The maximum Gasteiger partial charge on any atom is 0.387 e. The van der Waals surface area contributed by atoms with Crippen LogP contribution in [0.3, 0.4) is 0 Å². The molecule has 0 atom stereocenters. The SMILES string of the molecule is COc1cc(COC(=O)Cc2coc3cc(C)ccc23)ccc1OC(F)F. The Balaban J connectivity index is 1.63. The number of aryl methyl sites for hydroxylation is 1. The number of halogens is 2. The standard InChI is InChI=1S/C20H18F2O5/c1-12-3-5-15-14(11-25-17(15)7-12)9-19(23)26-10-13-4-6-16(27-20(21)22)18(8-13)24-2/h3-8,11,20H,9-10H2,1-2H3. The van der Waals surface area contributed by atoms with E-state index >= 15 is 0 Å². The number of benzene rings is 2. The molecule has 3 aromatic rings. The molecule has 5 nitrogen and oxygen atoms in total. The van der Waals surface area contributed by atoms with E-state index in [2.05, 4.69) is 4.74 Å². The molecule has 0 aliphatic rings. The summed E-state index contributed by atoms with van der Waals surface area (Å²) in [4.78, 5) is 12.1. The molecule has 0 unspecified atom stereocenters. The van der Waals surface area contributed by atoms with Gasteiger partial charge < -0.3 is 18.6 Å². The second-order valence-electron chi connectivity index (χ2n) is 5.96. The summed E-state index contributed by atoms with van der Waals surface area (Å²) < 4.78 is 44.8. The summed E-state index contributed by atoms with van der Waals surface area (Å²) in [5.41, 5.74) is 3.12. The number of furan rings is 1. The van der Waals surface area contributed by atoms with Crippen LogP contribution in [0.1, 0.15) is 16.7 Å². The molecule has 0 saturated carbocycles. The van der Waals surface area contributed by atoms with Crippen LogP contribution >= 0.6 is 0 Å². The molecule has 3 rings (SSSR count). The first-order valence-corrected chi connectivity index (χ1v) is 8.20. The van der Waals surface area contributed by atoms with Crippen molar-refractivity contribution in [1.82, 2.24) is 0 Å². The lowest BCUT2D eigenvalue weighted by molar-refractivity contribution is -0.144. The summed E-state index contributed by atoms with van der Waals surface area (Å²) in [6.07, 6.45) is 1.62. The van der Waals surface area contributed by atoms with Crippen LogP contribution in [0.5, 0.6) is 11.5 Å². The van der Waals surface area contributed by atoms with Gasteiger partial charge in [0.25, 0.3) is 0 Å². The van der Waals surface area contributed by atoms with Crippen LogP contribution in [0.2, 0.25) is 0 Å². The first kappa shape index (κ1) is 18.7. The van der Waals surface area contributed by atoms with Gasteiger partial charge in [-0.1, -0.05) is 18.2 Å². The van der Waals surface area contributed by atoms with Crippen LogP contribution < -0.4 is 9.47 Å². The number of ether oxygens (including phenoxy) is 3. The number of rotatable bonds is 7. The van der Waals surface area contributed by atoms with Gasteiger partial charge in [-0.05, 0) is 36.2 Å². The zero-order valence-corrected chi connectivity index (χ0v) is 14.8. The molecule has 7 heteroatoms. The monoisotopic (exact) mass is 376 g/mol. The van der Waals surface area contributed by atoms with Crippen LogP contribution in [0, 0.1) is 6.92 Å². The predicted octanol–water partition coefficient (Wildman–Crippen LogP) is 4.64. The molecular weight excluding hydrogens is 358 g/mol. The fraction of sp³-hybridized carbons (Fsp3) is 0.250. The average Bonchev–Trinajstić information content (AvgIpc) is 3.02. The molecule has 0 amide bonds. The van der Waals surface area contributed by atoms with E-state index in [4.69, 9.17) is 13.9 Å². The van der Waals surface area contributed by atoms with Gasteiger partial charge in [-0.25, -0.2) is 0 Å². The lowest BCUT2D eigenvalue weighted by Crippen LogP contribution is -2.08. The molecule has 0 aliphatic carbocycles. The molecule has 1 heterocycles. The molecule has 0 N–H and O–H groups in total. The highest BCUT2D eigenvalue weighted by atomic mass is 19.3. The molecule has 27 heavy (non-hydrogen) atoms. The first-order valence-electron chi connectivity index (χ1n) is 8.20. The minimum Gasteiger partial charge on any atom is -0.493 e. The number of alkyl halides is 2. The lowest BCUT2D eigenvalue weighted by atomic mass is 10.1. The zero-order valence-electron chi connectivity index (χ0n) is 14.8. The van der Waals surface area contributed by atoms with Crippen molar-refractivity contribution < 1.29 is 32.2 Å². The molecule has 2 aromatic carbocycles. The third kappa shape index (κ3) is 4.55. The van der Waals surface area contributed by atoms with Crippen molar-refractivity contribution in [2.24, 2.45) is 0 Å². The van der Waals surface area contributed by atoms with E-state index < -0.39 is 12.6 Å². The van der Waals surface area contributed by atoms with E-state index in [9.17, 15) is 13.6 Å². The fourth-order valence-electron chi connectivity index (χ4n) is 2.69. The first-order chi connectivity index (χ1) is 13.0. The number of methoxy groups -OCH3 is 1. The highest BCUT2D eigenvalue weighted by Crippen LogP contribution is 2.30. The fourth-order valence-corrected chi connectivity index (χ4v) is 2.69. The second kappa shape index (κ2) is 8.07. The molecule has 0 fully saturated rings. The molecule has 142 valence electrons. The normalized spacial score (nSPS) is 11.0. The van der Waals surface area contributed by atoms with Gasteiger partial charge in [-0.2, -0.15) is 8.78 Å². The second-order valence-corrected chi connectivity index (χ2v) is 5.96. The third-order valence-corrected chi connectivity index (χ3v) is 3.99. The van der Waals surface area contributed by atoms with Crippen molar-refractivity contribution in [3.63, 3.8) is 0 Å². The average molecular weight is 376 g/mol. The Bertz CT molecular complexity index is 949. The minimum atomic E-state index is -2.95. The minimum absolute atomic E-state index is 0.0148. The van der Waals surface area contributed by atoms with Crippen molar-refractivity contribution in [2.75, 3.05) is 7.11 Å². The summed E-state index contributed by atoms with van der Waals surface area (Å²) in [5.74, 6) is -0.368. The van der Waals surface area contributed by atoms with E-state index in [-0.39, 0.29) is 24.5 Å². The predicted molar refractivity (Wildman–Crippen MR) is 94.1 cm³/mol. The van der Waals surface area contributed by atoms with Crippen LogP contribution in [0.25, 0.3) is 11.0 Å². The van der Waals surface area contributed by atoms with Gasteiger partial charge in [0.1, 0.15) is 12.2 Å². The van der Waals surface area contributed by atoms with Crippen LogP contribution in [0.15, 0.2) is 47.1 Å². The van der Waals surface area contributed by atoms with Gasteiger partial charge >= 0.3 is 12.6 Å². The van der Waals surface area contributed by atoms with Crippen molar-refractivity contribution >= 4 is 16.9 Å². The highest BCUT2D eigenvalue weighted by molar-refractivity contribution is 5.86. The zero-order chi connectivity index (χ0) is 19.4. The molecule has 0 aliphatic heterocycles. The molecule has 0 saturated heterocycles. The Hall–Kier alpha value is -3.09. The van der Waals surface area contributed by atoms with E-state index in [0.29, 0.717) is 5.56 Å². The Kier molecular flexibility index (Phi) is 5.59. The third-order valence-electron chi connectivity index (χ3n) is 3.99. The Labute approximate surface area is 154 Å². The molecule has 0 spiro atoms. The van der Waals surface area contributed by atoms with Crippen molar-refractivity contribution in [2.45, 2.75) is 26.6 Å². The summed E-state index contributed by atoms with van der Waals surface area (Å²) in [6, 6.07) is 10.1. The van der Waals surface area contributed by atoms with Gasteiger partial charge in [0, 0.05) is 10.9 Å². The number of hydrogen-bond donors (Lipinski definition) is 0. The number of carbonyl (C=O) groups is 1. The van der Waals surface area contributed by atoms with Gasteiger partial charge in [0.2, 0.25) is 0 Å². The van der Waals surface area contributed by atoms with E-state index in [1.165, 1.54) is 25.3 Å². The Morgan fingerprint density at radius 3 is 2.70 bits per heavy atom. The van der Waals surface area contributed by atoms with Gasteiger partial charge in [0.05, 0.1) is 19.8 Å². The number of esters is 1. The number of carbonyl (C=O) groups excluding carboxylic acids is 1. The van der Waals surface area contributed by atoms with E-state index in [1.807, 2.05) is 25.1 Å². The van der Waals surface area contributed by atoms with Crippen molar-refractivity contribution in [3.8, 4) is 11.5 Å². The van der Waals surface area contributed by atoms with E-state index in [1.54, 1.807) is 6.26 Å². The Morgan fingerprint density at radius 2 is 1.96 bits per heavy atom. The van der Waals surface area contributed by atoms with E-state index in [0.717, 1.165) is 22.1 Å². The molecule has 0 radical (unpaired) electrons. The largest absolute Gasteiger partial charge is 0.493 e. The summed E-state index contributed by atoms with van der Waals surface area (Å²) in [5, 5.41) is 0.868. The number of fused-ring (bicyclic) bond motifs is 1. The Morgan fingerprint density at radius 1 is 1.15 bits per heavy atom. The van der Waals surface area contributed by atoms with Crippen molar-refractivity contribution in [3.05, 3.63) is 59.4 Å². The van der Waals surface area contributed by atoms with Gasteiger partial charge in [-0.3, -0.25) is 4.79 Å². The van der Waals surface area contributed by atoms with Crippen LogP contribution in [-0.4, -0.2) is 19.7 Å². The number of hydrogen-bond acceptors (Lipinski definition) is 5. The maximum absolute atomic E-state index is 12.3. The van der Waals surface area contributed by atoms with Gasteiger partial charge in [-0.15, -0.1) is 0 Å². The summed E-state index contributed by atoms with van der Waals surface area (Å²) >= 11 is 0. The summed E-state index contributed by atoms with van der Waals surface area (Å²) in [6.45, 7) is -1.00. The molecule has 0 bridgehead atoms. The molecule has 1 aromatic heterocycles. The summed E-state index contributed by atoms with van der Waals surface area (Å²) in [7, 11) is 1.34. The maximum atomic E-state index is 12.3. The van der Waals surface area contributed by atoms with Crippen molar-refractivity contribution in [1.29, 1.82) is 0 Å². The van der Waals surface area contributed by atoms with Gasteiger partial charge in [0.15, 0.2) is 11.5 Å².